The second-order valence-corrected chi connectivity index (χ2v) is 8.32. The molecule has 0 radical (unpaired) electrons. The van der Waals surface area contributed by atoms with Crippen LogP contribution in [0.4, 0.5) is 4.79 Å². The van der Waals surface area contributed by atoms with E-state index < -0.39 is 23.4 Å². The third-order valence-corrected chi connectivity index (χ3v) is 6.50. The number of urea groups is 1. The van der Waals surface area contributed by atoms with E-state index in [9.17, 15) is 14.4 Å². The zero-order valence-electron chi connectivity index (χ0n) is 16.8. The molecule has 158 valence electrons. The normalized spacial score (nSPS) is 21.2. The number of fused-ring (bicyclic) bond motifs is 1. The van der Waals surface area contributed by atoms with E-state index in [1.807, 2.05) is 25.1 Å². The number of rotatable bonds is 6. The molecule has 1 fully saturated rings. The Bertz CT molecular complexity index is 963. The molecule has 2 aliphatic rings. The Hall–Kier alpha value is -2.88. The van der Waals surface area contributed by atoms with Crippen LogP contribution < -0.4 is 10.7 Å². The van der Waals surface area contributed by atoms with Gasteiger partial charge >= 0.3 is 6.03 Å². The minimum absolute atomic E-state index is 0.0274. The molecule has 1 unspecified atom stereocenters. The number of carbonyl (C=O) groups is 3. The van der Waals surface area contributed by atoms with Crippen molar-refractivity contribution in [3.8, 4) is 0 Å². The zero-order chi connectivity index (χ0) is 21.1. The van der Waals surface area contributed by atoms with Gasteiger partial charge in [0.05, 0.1) is 5.75 Å². The molecule has 1 saturated heterocycles. The van der Waals surface area contributed by atoms with Gasteiger partial charge in [0, 0.05) is 13.0 Å². The minimum atomic E-state index is -1.18. The molecule has 30 heavy (non-hydrogen) atoms. The van der Waals surface area contributed by atoms with E-state index in [1.54, 1.807) is 12.1 Å². The maximum Gasteiger partial charge on any atom is 0.344 e. The summed E-state index contributed by atoms with van der Waals surface area (Å²) >= 11 is 1.25. The highest BCUT2D eigenvalue weighted by Crippen LogP contribution is 2.31. The molecule has 1 aromatic heterocycles. The Kier molecular flexibility index (Phi) is 5.76. The van der Waals surface area contributed by atoms with Crippen LogP contribution in [0, 0.1) is 0 Å². The summed E-state index contributed by atoms with van der Waals surface area (Å²) in [6.07, 6.45) is 4.57. The lowest BCUT2D eigenvalue weighted by Crippen LogP contribution is -2.49. The largest absolute Gasteiger partial charge is 0.344 e. The molecule has 9 nitrogen and oxygen atoms in total. The predicted octanol–water partition coefficient (Wildman–Crippen LogP) is 1.99. The first-order valence-electron chi connectivity index (χ1n) is 10.1. The van der Waals surface area contributed by atoms with Crippen LogP contribution in [0.1, 0.15) is 44.0 Å². The SMILES string of the molecule is CCC1(c2ccccc2)NC(=O)N(NC(=O)CSc2nnc3n2CCCCC3)C1=O. The van der Waals surface area contributed by atoms with E-state index in [2.05, 4.69) is 25.5 Å². The first kappa shape index (κ1) is 20.4. The van der Waals surface area contributed by atoms with E-state index >= 15 is 0 Å². The quantitative estimate of drug-likeness (QED) is 0.538. The lowest BCUT2D eigenvalue weighted by molar-refractivity contribution is -0.138. The summed E-state index contributed by atoms with van der Waals surface area (Å²) in [7, 11) is 0. The number of nitrogens with one attached hydrogen (secondary N) is 2. The summed E-state index contributed by atoms with van der Waals surface area (Å²) in [5.74, 6) is 0.0325. The number of aryl methyl sites for hydroxylation is 1. The molecular formula is C20H24N6O3S. The Balaban J connectivity index is 1.42. The number of hydrogen-bond acceptors (Lipinski definition) is 6. The molecule has 0 bridgehead atoms. The maximum atomic E-state index is 13.1. The molecule has 2 aromatic rings. The lowest BCUT2D eigenvalue weighted by Gasteiger charge is -2.25. The summed E-state index contributed by atoms with van der Waals surface area (Å²) in [6, 6.07) is 8.41. The van der Waals surface area contributed by atoms with Crippen molar-refractivity contribution in [2.24, 2.45) is 0 Å². The Labute approximate surface area is 178 Å². The Morgan fingerprint density at radius 3 is 2.77 bits per heavy atom. The molecule has 2 aliphatic heterocycles. The van der Waals surface area contributed by atoms with Crippen LogP contribution in [0.3, 0.4) is 0 Å². The van der Waals surface area contributed by atoms with Gasteiger partial charge in [0.2, 0.25) is 5.91 Å². The van der Waals surface area contributed by atoms with E-state index in [0.717, 1.165) is 43.1 Å². The second kappa shape index (κ2) is 8.47. The summed E-state index contributed by atoms with van der Waals surface area (Å²) in [5, 5.41) is 12.6. The average molecular weight is 429 g/mol. The van der Waals surface area contributed by atoms with Gasteiger partial charge in [0.1, 0.15) is 11.4 Å². The van der Waals surface area contributed by atoms with E-state index in [1.165, 1.54) is 11.8 Å². The summed E-state index contributed by atoms with van der Waals surface area (Å²) in [5.41, 5.74) is 1.95. The van der Waals surface area contributed by atoms with Crippen molar-refractivity contribution < 1.29 is 14.4 Å². The van der Waals surface area contributed by atoms with Gasteiger partial charge in [-0.2, -0.15) is 5.01 Å². The van der Waals surface area contributed by atoms with Gasteiger partial charge in [-0.25, -0.2) is 4.79 Å². The summed E-state index contributed by atoms with van der Waals surface area (Å²) in [4.78, 5) is 38.0. The Morgan fingerprint density at radius 2 is 2.00 bits per heavy atom. The first-order chi connectivity index (χ1) is 14.5. The first-order valence-corrected chi connectivity index (χ1v) is 11.1. The second-order valence-electron chi connectivity index (χ2n) is 7.38. The number of imide groups is 1. The van der Waals surface area contributed by atoms with Crippen LogP contribution in [-0.4, -0.2) is 43.4 Å². The van der Waals surface area contributed by atoms with E-state index in [4.69, 9.17) is 0 Å². The minimum Gasteiger partial charge on any atom is -0.318 e. The number of aromatic nitrogens is 3. The maximum absolute atomic E-state index is 13.1. The van der Waals surface area contributed by atoms with Gasteiger partial charge in [-0.05, 0) is 24.8 Å². The van der Waals surface area contributed by atoms with Crippen LogP contribution in [0.2, 0.25) is 0 Å². The van der Waals surface area contributed by atoms with Crippen molar-refractivity contribution in [1.29, 1.82) is 0 Å². The van der Waals surface area contributed by atoms with E-state index in [-0.39, 0.29) is 5.75 Å². The highest BCUT2D eigenvalue weighted by molar-refractivity contribution is 7.99. The number of benzene rings is 1. The predicted molar refractivity (Wildman–Crippen MR) is 110 cm³/mol. The van der Waals surface area contributed by atoms with Gasteiger partial charge in [0.15, 0.2) is 5.16 Å². The van der Waals surface area contributed by atoms with Crippen molar-refractivity contribution in [2.75, 3.05) is 5.75 Å². The van der Waals surface area contributed by atoms with Crippen LogP contribution in [0.5, 0.6) is 0 Å². The zero-order valence-corrected chi connectivity index (χ0v) is 17.6. The van der Waals surface area contributed by atoms with Crippen molar-refractivity contribution >= 4 is 29.6 Å². The monoisotopic (exact) mass is 428 g/mol. The smallest absolute Gasteiger partial charge is 0.318 e. The third-order valence-electron chi connectivity index (χ3n) is 5.53. The van der Waals surface area contributed by atoms with Crippen LogP contribution in [-0.2, 0) is 28.1 Å². The fourth-order valence-corrected chi connectivity index (χ4v) is 4.67. The number of amides is 4. The number of hydrogen-bond donors (Lipinski definition) is 2. The van der Waals surface area contributed by atoms with Crippen molar-refractivity contribution in [1.82, 2.24) is 30.5 Å². The number of carbonyl (C=O) groups excluding carboxylic acids is 3. The Morgan fingerprint density at radius 1 is 1.20 bits per heavy atom. The molecule has 4 rings (SSSR count). The lowest BCUT2D eigenvalue weighted by atomic mass is 9.87. The van der Waals surface area contributed by atoms with Gasteiger partial charge in [-0.15, -0.1) is 10.2 Å². The van der Waals surface area contributed by atoms with Gasteiger partial charge in [0.25, 0.3) is 5.91 Å². The highest BCUT2D eigenvalue weighted by Gasteiger charge is 2.52. The fraction of sp³-hybridized carbons (Fsp3) is 0.450. The summed E-state index contributed by atoms with van der Waals surface area (Å²) in [6.45, 7) is 2.67. The van der Waals surface area contributed by atoms with Gasteiger partial charge in [-0.1, -0.05) is 55.4 Å². The summed E-state index contributed by atoms with van der Waals surface area (Å²) < 4.78 is 2.05. The van der Waals surface area contributed by atoms with Gasteiger partial charge in [-0.3, -0.25) is 15.0 Å². The third kappa shape index (κ3) is 3.67. The molecule has 10 heteroatoms. The molecule has 1 atom stereocenters. The van der Waals surface area contributed by atoms with Crippen molar-refractivity contribution in [2.45, 2.75) is 56.3 Å². The van der Waals surface area contributed by atoms with E-state index in [0.29, 0.717) is 17.1 Å². The van der Waals surface area contributed by atoms with Crippen LogP contribution in [0.15, 0.2) is 35.5 Å². The molecule has 3 heterocycles. The number of thioether (sulfide) groups is 1. The number of nitrogens with zero attached hydrogens (tertiary/aromatic N) is 4. The highest BCUT2D eigenvalue weighted by atomic mass is 32.2. The molecule has 0 spiro atoms. The standard InChI is InChI=1S/C20H24N6O3S/c1-2-20(14-9-5-3-6-10-14)17(28)26(18(29)21-20)24-16(27)13-30-19-23-22-15-11-7-4-8-12-25(15)19/h3,5-6,9-10H,2,4,7-8,11-13H2,1H3,(H,21,29)(H,24,27). The van der Waals surface area contributed by atoms with Crippen molar-refractivity contribution in [3.63, 3.8) is 0 Å². The van der Waals surface area contributed by atoms with Crippen molar-refractivity contribution in [3.05, 3.63) is 41.7 Å². The fourth-order valence-electron chi connectivity index (χ4n) is 3.89. The average Bonchev–Trinajstić information content (AvgIpc) is 3.14. The number of hydrazine groups is 1. The molecule has 0 aliphatic carbocycles. The van der Waals surface area contributed by atoms with Crippen LogP contribution in [0.25, 0.3) is 0 Å². The molecule has 0 saturated carbocycles. The molecule has 4 amide bonds. The van der Waals surface area contributed by atoms with Gasteiger partial charge < -0.3 is 9.88 Å². The molecule has 1 aromatic carbocycles. The van der Waals surface area contributed by atoms with Crippen LogP contribution >= 0.6 is 11.8 Å². The molecular weight excluding hydrogens is 404 g/mol. The molecule has 2 N–H and O–H groups in total. The topological polar surface area (TPSA) is 109 Å².